The average Bonchev–Trinajstić information content (AvgIpc) is 2.23. The lowest BCUT2D eigenvalue weighted by Crippen LogP contribution is -2.15. The summed E-state index contributed by atoms with van der Waals surface area (Å²) in [6, 6.07) is 6.16. The lowest BCUT2D eigenvalue weighted by molar-refractivity contribution is -0.130. The molecule has 16 heavy (non-hydrogen) atoms. The fourth-order valence-corrected chi connectivity index (χ4v) is 1.89. The van der Waals surface area contributed by atoms with Crippen molar-refractivity contribution in [2.24, 2.45) is 0 Å². The third-order valence-electron chi connectivity index (χ3n) is 2.52. The summed E-state index contributed by atoms with van der Waals surface area (Å²) in [7, 11) is 0. The van der Waals surface area contributed by atoms with Crippen LogP contribution in [0.5, 0.6) is 0 Å². The van der Waals surface area contributed by atoms with Crippen molar-refractivity contribution in [3.8, 4) is 0 Å². The van der Waals surface area contributed by atoms with Crippen molar-refractivity contribution in [1.29, 1.82) is 0 Å². The number of ether oxygens (including phenoxy) is 1. The Labute approximate surface area is 97.6 Å². The molecule has 0 bridgehead atoms. The second kappa shape index (κ2) is 5.80. The highest BCUT2D eigenvalue weighted by Gasteiger charge is 2.19. The Bertz CT molecular complexity index is 349. The predicted molar refractivity (Wildman–Crippen MR) is 65.6 cm³/mol. The molecule has 0 aromatic heterocycles. The Kier molecular flexibility index (Phi) is 4.69. The van der Waals surface area contributed by atoms with Crippen LogP contribution in [0.15, 0.2) is 18.2 Å². The fourth-order valence-electron chi connectivity index (χ4n) is 1.89. The Morgan fingerprint density at radius 3 is 2.19 bits per heavy atom. The van der Waals surface area contributed by atoms with Crippen LogP contribution in [0.3, 0.4) is 0 Å². The van der Waals surface area contributed by atoms with Crippen LogP contribution in [0.4, 0.5) is 0 Å². The van der Waals surface area contributed by atoms with Gasteiger partial charge >= 0.3 is 0 Å². The Morgan fingerprint density at radius 1 is 1.19 bits per heavy atom. The molecule has 1 atom stereocenters. The van der Waals surface area contributed by atoms with Gasteiger partial charge in [-0.2, -0.15) is 0 Å². The van der Waals surface area contributed by atoms with Gasteiger partial charge in [-0.05, 0) is 26.3 Å². The van der Waals surface area contributed by atoms with E-state index in [4.69, 9.17) is 4.74 Å². The van der Waals surface area contributed by atoms with E-state index >= 15 is 0 Å². The van der Waals surface area contributed by atoms with Crippen LogP contribution in [0.2, 0.25) is 0 Å². The molecular formula is C14H20O2. The number of aryl methyl sites for hydroxylation is 2. The number of Topliss-reactive ketones (excluding diaryl/α,β-unsaturated/α-hetero) is 1. The molecule has 0 aliphatic rings. The van der Waals surface area contributed by atoms with Crippen LogP contribution >= 0.6 is 0 Å². The quantitative estimate of drug-likeness (QED) is 0.760. The van der Waals surface area contributed by atoms with E-state index in [0.29, 0.717) is 13.0 Å². The Hall–Kier alpha value is -1.15. The number of hydrogen-bond acceptors (Lipinski definition) is 2. The van der Waals surface area contributed by atoms with Crippen molar-refractivity contribution in [1.82, 2.24) is 0 Å². The molecule has 0 amide bonds. The lowest BCUT2D eigenvalue weighted by atomic mass is 9.99. The highest BCUT2D eigenvalue weighted by molar-refractivity contribution is 5.84. The fraction of sp³-hybridized carbons (Fsp3) is 0.500. The summed E-state index contributed by atoms with van der Waals surface area (Å²) in [5.74, 6) is 0.145. The van der Waals surface area contributed by atoms with Gasteiger partial charge in [-0.1, -0.05) is 36.2 Å². The summed E-state index contributed by atoms with van der Waals surface area (Å²) in [5, 5.41) is 0. The first kappa shape index (κ1) is 12.9. The molecule has 0 aliphatic carbocycles. The smallest absolute Gasteiger partial charge is 0.165 e. The summed E-state index contributed by atoms with van der Waals surface area (Å²) in [6.07, 6.45) is 0.117. The molecule has 0 spiro atoms. The van der Waals surface area contributed by atoms with Crippen molar-refractivity contribution in [2.75, 3.05) is 6.61 Å². The van der Waals surface area contributed by atoms with Crippen LogP contribution in [0, 0.1) is 13.8 Å². The molecule has 0 saturated heterocycles. The number of hydrogen-bond donors (Lipinski definition) is 0. The van der Waals surface area contributed by atoms with Crippen LogP contribution in [-0.4, -0.2) is 12.4 Å². The number of rotatable bonds is 5. The zero-order valence-corrected chi connectivity index (χ0v) is 10.5. The lowest BCUT2D eigenvalue weighted by Gasteiger charge is -2.16. The molecule has 0 aliphatic heterocycles. The molecular weight excluding hydrogens is 200 g/mol. The van der Waals surface area contributed by atoms with E-state index in [9.17, 15) is 4.79 Å². The number of benzene rings is 1. The van der Waals surface area contributed by atoms with Crippen molar-refractivity contribution in [3.63, 3.8) is 0 Å². The molecule has 1 unspecified atom stereocenters. The zero-order chi connectivity index (χ0) is 12.1. The molecule has 0 saturated carbocycles. The van der Waals surface area contributed by atoms with Gasteiger partial charge in [0.2, 0.25) is 0 Å². The number of carbonyl (C=O) groups excluding carboxylic acids is 1. The molecule has 1 rings (SSSR count). The van der Waals surface area contributed by atoms with E-state index in [1.165, 1.54) is 11.1 Å². The third kappa shape index (κ3) is 3.17. The molecule has 2 nitrogen and oxygen atoms in total. The van der Waals surface area contributed by atoms with Crippen molar-refractivity contribution >= 4 is 5.78 Å². The molecule has 0 N–H and O–H groups in total. The monoisotopic (exact) mass is 220 g/mol. The standard InChI is InChI=1S/C14H20O2/c1-5-13(15)14(16-6-2)12-8-10(3)7-11(4)9-12/h7-9,14H,5-6H2,1-4H3. The summed E-state index contributed by atoms with van der Waals surface area (Å²) >= 11 is 0. The van der Waals surface area contributed by atoms with Gasteiger partial charge in [-0.15, -0.1) is 0 Å². The summed E-state index contributed by atoms with van der Waals surface area (Å²) < 4.78 is 5.54. The van der Waals surface area contributed by atoms with E-state index in [-0.39, 0.29) is 5.78 Å². The van der Waals surface area contributed by atoms with Gasteiger partial charge in [0.05, 0.1) is 0 Å². The maximum Gasteiger partial charge on any atom is 0.165 e. The van der Waals surface area contributed by atoms with Crippen LogP contribution in [0.1, 0.15) is 43.1 Å². The second-order valence-corrected chi connectivity index (χ2v) is 4.08. The molecule has 0 heterocycles. The molecule has 0 fully saturated rings. The van der Waals surface area contributed by atoms with Crippen LogP contribution in [-0.2, 0) is 9.53 Å². The molecule has 88 valence electrons. The number of carbonyl (C=O) groups is 1. The van der Waals surface area contributed by atoms with Crippen molar-refractivity contribution in [2.45, 2.75) is 40.2 Å². The minimum absolute atomic E-state index is 0.145. The molecule has 0 radical (unpaired) electrons. The average molecular weight is 220 g/mol. The van der Waals surface area contributed by atoms with Gasteiger partial charge in [-0.25, -0.2) is 0 Å². The summed E-state index contributed by atoms with van der Waals surface area (Å²) in [5.41, 5.74) is 3.32. The summed E-state index contributed by atoms with van der Waals surface area (Å²) in [4.78, 5) is 11.8. The van der Waals surface area contributed by atoms with Gasteiger partial charge in [0, 0.05) is 13.0 Å². The molecule has 2 heteroatoms. The van der Waals surface area contributed by atoms with Gasteiger partial charge < -0.3 is 4.74 Å². The Morgan fingerprint density at radius 2 is 1.75 bits per heavy atom. The summed E-state index contributed by atoms with van der Waals surface area (Å²) in [6.45, 7) is 8.42. The van der Waals surface area contributed by atoms with Gasteiger partial charge in [-0.3, -0.25) is 4.79 Å². The molecule has 1 aromatic carbocycles. The largest absolute Gasteiger partial charge is 0.366 e. The molecule has 1 aromatic rings. The van der Waals surface area contributed by atoms with E-state index in [2.05, 4.69) is 6.07 Å². The number of ketones is 1. The first-order valence-corrected chi connectivity index (χ1v) is 5.81. The SMILES string of the molecule is CCOC(C(=O)CC)c1cc(C)cc(C)c1. The van der Waals surface area contributed by atoms with Gasteiger partial charge in [0.1, 0.15) is 6.10 Å². The second-order valence-electron chi connectivity index (χ2n) is 4.08. The maximum absolute atomic E-state index is 11.8. The topological polar surface area (TPSA) is 26.3 Å². The first-order chi connectivity index (χ1) is 7.58. The predicted octanol–water partition coefficient (Wildman–Crippen LogP) is 3.36. The van der Waals surface area contributed by atoms with Crippen LogP contribution < -0.4 is 0 Å². The first-order valence-electron chi connectivity index (χ1n) is 5.81. The minimum atomic E-state index is -0.395. The Balaban J connectivity index is 3.04. The zero-order valence-electron chi connectivity index (χ0n) is 10.5. The van der Waals surface area contributed by atoms with E-state index in [0.717, 1.165) is 5.56 Å². The van der Waals surface area contributed by atoms with E-state index in [1.807, 2.05) is 39.8 Å². The van der Waals surface area contributed by atoms with Crippen molar-refractivity contribution < 1.29 is 9.53 Å². The van der Waals surface area contributed by atoms with Gasteiger partial charge in [0.15, 0.2) is 5.78 Å². The third-order valence-corrected chi connectivity index (χ3v) is 2.52. The maximum atomic E-state index is 11.8. The van der Waals surface area contributed by atoms with Crippen LogP contribution in [0.25, 0.3) is 0 Å². The van der Waals surface area contributed by atoms with E-state index in [1.54, 1.807) is 0 Å². The highest BCUT2D eigenvalue weighted by Crippen LogP contribution is 2.22. The minimum Gasteiger partial charge on any atom is -0.366 e. The van der Waals surface area contributed by atoms with E-state index < -0.39 is 6.10 Å². The normalized spacial score (nSPS) is 12.5. The van der Waals surface area contributed by atoms with Gasteiger partial charge in [0.25, 0.3) is 0 Å². The van der Waals surface area contributed by atoms with Crippen molar-refractivity contribution in [3.05, 3.63) is 34.9 Å². The highest BCUT2D eigenvalue weighted by atomic mass is 16.5.